The predicted octanol–water partition coefficient (Wildman–Crippen LogP) is 0.283. The van der Waals surface area contributed by atoms with Gasteiger partial charge in [0.2, 0.25) is 0 Å². The third kappa shape index (κ3) is 4.14. The van der Waals surface area contributed by atoms with Gasteiger partial charge in [0.05, 0.1) is 6.10 Å². The summed E-state index contributed by atoms with van der Waals surface area (Å²) >= 11 is 0. The number of carbonyl (C=O) groups excluding carboxylic acids is 1. The van der Waals surface area contributed by atoms with Crippen molar-refractivity contribution in [3.8, 4) is 0 Å². The number of hydrogen-bond donors (Lipinski definition) is 3. The lowest BCUT2D eigenvalue weighted by molar-refractivity contribution is 0.0618. The molecule has 2 unspecified atom stereocenters. The molecule has 0 aromatic heterocycles. The molecule has 0 aliphatic heterocycles. The van der Waals surface area contributed by atoms with Gasteiger partial charge in [-0.2, -0.15) is 0 Å². The molecule has 1 rings (SSSR count). The highest BCUT2D eigenvalue weighted by molar-refractivity contribution is 5.94. The van der Waals surface area contributed by atoms with Crippen LogP contribution in [-0.2, 0) is 4.74 Å². The lowest BCUT2D eigenvalue weighted by atomic mass is 10.2. The SMILES string of the molecule is COC(C)C(NCN)NC(=O)c1ccccc1. The van der Waals surface area contributed by atoms with Crippen LogP contribution in [-0.4, -0.2) is 32.0 Å². The van der Waals surface area contributed by atoms with Crippen LogP contribution in [0, 0.1) is 0 Å². The zero-order valence-electron chi connectivity index (χ0n) is 10.1. The fourth-order valence-electron chi connectivity index (χ4n) is 1.41. The number of benzene rings is 1. The quantitative estimate of drug-likeness (QED) is 0.621. The largest absolute Gasteiger partial charge is 0.378 e. The first-order valence-corrected chi connectivity index (χ1v) is 5.51. The fraction of sp³-hybridized carbons (Fsp3) is 0.417. The molecule has 1 aromatic rings. The molecule has 5 nitrogen and oxygen atoms in total. The van der Waals surface area contributed by atoms with Crippen LogP contribution in [0.15, 0.2) is 30.3 Å². The first-order chi connectivity index (χ1) is 8.19. The van der Waals surface area contributed by atoms with Crippen molar-refractivity contribution >= 4 is 5.91 Å². The monoisotopic (exact) mass is 237 g/mol. The van der Waals surface area contributed by atoms with Crippen molar-refractivity contribution in [2.75, 3.05) is 13.8 Å². The Bertz CT molecular complexity index is 343. The van der Waals surface area contributed by atoms with Crippen LogP contribution < -0.4 is 16.4 Å². The van der Waals surface area contributed by atoms with E-state index in [1.165, 1.54) is 0 Å². The van der Waals surface area contributed by atoms with Crippen molar-refractivity contribution in [3.05, 3.63) is 35.9 Å². The normalized spacial score (nSPS) is 14.1. The number of ether oxygens (including phenoxy) is 1. The standard InChI is InChI=1S/C12H19N3O2/c1-9(17-2)11(14-8-13)15-12(16)10-6-4-3-5-7-10/h3-7,9,11,14H,8,13H2,1-2H3,(H,15,16). The highest BCUT2D eigenvalue weighted by Gasteiger charge is 2.18. The molecule has 0 spiro atoms. The van der Waals surface area contributed by atoms with Crippen molar-refractivity contribution in [3.63, 3.8) is 0 Å². The van der Waals surface area contributed by atoms with Crippen LogP contribution in [0.5, 0.6) is 0 Å². The maximum absolute atomic E-state index is 11.9. The van der Waals surface area contributed by atoms with E-state index in [2.05, 4.69) is 10.6 Å². The Balaban J connectivity index is 2.64. The second-order valence-corrected chi connectivity index (χ2v) is 3.67. The van der Waals surface area contributed by atoms with E-state index in [1.807, 2.05) is 25.1 Å². The van der Waals surface area contributed by atoms with Crippen LogP contribution in [0.3, 0.4) is 0 Å². The van der Waals surface area contributed by atoms with Gasteiger partial charge in [0.15, 0.2) is 0 Å². The van der Waals surface area contributed by atoms with Crippen LogP contribution in [0.25, 0.3) is 0 Å². The first-order valence-electron chi connectivity index (χ1n) is 5.51. The van der Waals surface area contributed by atoms with Gasteiger partial charge in [-0.3, -0.25) is 10.1 Å². The zero-order valence-corrected chi connectivity index (χ0v) is 10.1. The number of methoxy groups -OCH3 is 1. The Hall–Kier alpha value is -1.43. The Morgan fingerprint density at radius 3 is 2.59 bits per heavy atom. The number of nitrogens with two attached hydrogens (primary N) is 1. The average Bonchev–Trinajstić information content (AvgIpc) is 2.38. The van der Waals surface area contributed by atoms with Crippen LogP contribution in [0.2, 0.25) is 0 Å². The Labute approximate surface area is 101 Å². The Kier molecular flexibility index (Phi) is 5.62. The van der Waals surface area contributed by atoms with Crippen molar-refractivity contribution in [2.45, 2.75) is 19.2 Å². The van der Waals surface area contributed by atoms with Crippen LogP contribution in [0.1, 0.15) is 17.3 Å². The summed E-state index contributed by atoms with van der Waals surface area (Å²) in [5.41, 5.74) is 6.03. The topological polar surface area (TPSA) is 76.4 Å². The molecule has 94 valence electrons. The Morgan fingerprint density at radius 2 is 2.06 bits per heavy atom. The molecule has 0 fully saturated rings. The van der Waals surface area contributed by atoms with Gasteiger partial charge in [0.25, 0.3) is 5.91 Å². The molecule has 0 heterocycles. The fourth-order valence-corrected chi connectivity index (χ4v) is 1.41. The van der Waals surface area contributed by atoms with Crippen molar-refractivity contribution < 1.29 is 9.53 Å². The summed E-state index contributed by atoms with van der Waals surface area (Å²) in [6, 6.07) is 9.02. The predicted molar refractivity (Wildman–Crippen MR) is 66.4 cm³/mol. The van der Waals surface area contributed by atoms with Crippen molar-refractivity contribution in [2.24, 2.45) is 5.73 Å². The average molecular weight is 237 g/mol. The Morgan fingerprint density at radius 1 is 1.41 bits per heavy atom. The molecule has 4 N–H and O–H groups in total. The summed E-state index contributed by atoms with van der Waals surface area (Å²) in [5.74, 6) is -0.152. The molecule has 2 atom stereocenters. The second kappa shape index (κ2) is 7.01. The molecular formula is C12H19N3O2. The second-order valence-electron chi connectivity index (χ2n) is 3.67. The van der Waals surface area contributed by atoms with Crippen LogP contribution >= 0.6 is 0 Å². The van der Waals surface area contributed by atoms with Crippen molar-refractivity contribution in [1.29, 1.82) is 0 Å². The molecule has 0 saturated heterocycles. The minimum Gasteiger partial charge on any atom is -0.378 e. The van der Waals surface area contributed by atoms with Gasteiger partial charge in [0, 0.05) is 19.3 Å². The smallest absolute Gasteiger partial charge is 0.252 e. The van der Waals surface area contributed by atoms with Gasteiger partial charge in [-0.25, -0.2) is 0 Å². The number of nitrogens with one attached hydrogen (secondary N) is 2. The lowest BCUT2D eigenvalue weighted by Gasteiger charge is -2.24. The molecule has 1 aromatic carbocycles. The van der Waals surface area contributed by atoms with E-state index in [4.69, 9.17) is 10.5 Å². The van der Waals surface area contributed by atoms with Gasteiger partial charge >= 0.3 is 0 Å². The van der Waals surface area contributed by atoms with Crippen molar-refractivity contribution in [1.82, 2.24) is 10.6 Å². The summed E-state index contributed by atoms with van der Waals surface area (Å²) in [7, 11) is 1.59. The zero-order chi connectivity index (χ0) is 12.7. The lowest BCUT2D eigenvalue weighted by Crippen LogP contribution is -2.53. The maximum atomic E-state index is 11.9. The van der Waals surface area contributed by atoms with Gasteiger partial charge in [0.1, 0.15) is 6.17 Å². The van der Waals surface area contributed by atoms with Gasteiger partial charge < -0.3 is 15.8 Å². The van der Waals surface area contributed by atoms with Gasteiger partial charge in [-0.1, -0.05) is 18.2 Å². The summed E-state index contributed by atoms with van der Waals surface area (Å²) in [4.78, 5) is 11.9. The van der Waals surface area contributed by atoms with E-state index in [-0.39, 0.29) is 24.8 Å². The number of amides is 1. The minimum absolute atomic E-state index is 0.152. The van der Waals surface area contributed by atoms with E-state index in [1.54, 1.807) is 19.2 Å². The molecule has 0 radical (unpaired) electrons. The van der Waals surface area contributed by atoms with E-state index in [0.717, 1.165) is 0 Å². The highest BCUT2D eigenvalue weighted by Crippen LogP contribution is 2.00. The molecule has 5 heteroatoms. The van der Waals surface area contributed by atoms with Gasteiger partial charge in [-0.15, -0.1) is 0 Å². The maximum Gasteiger partial charge on any atom is 0.252 e. The van der Waals surface area contributed by atoms with E-state index < -0.39 is 0 Å². The summed E-state index contributed by atoms with van der Waals surface area (Å²) in [6.07, 6.45) is -0.469. The highest BCUT2D eigenvalue weighted by atomic mass is 16.5. The van der Waals surface area contributed by atoms with E-state index in [9.17, 15) is 4.79 Å². The molecular weight excluding hydrogens is 218 g/mol. The van der Waals surface area contributed by atoms with E-state index >= 15 is 0 Å². The third-order valence-electron chi connectivity index (χ3n) is 2.50. The number of hydrogen-bond acceptors (Lipinski definition) is 4. The van der Waals surface area contributed by atoms with E-state index in [0.29, 0.717) is 5.56 Å². The summed E-state index contributed by atoms with van der Waals surface area (Å²) in [5, 5.41) is 5.78. The minimum atomic E-state index is -0.308. The number of rotatable bonds is 6. The molecule has 0 aliphatic carbocycles. The molecule has 0 saturated carbocycles. The molecule has 0 bridgehead atoms. The molecule has 0 aliphatic rings. The molecule has 17 heavy (non-hydrogen) atoms. The van der Waals surface area contributed by atoms with Gasteiger partial charge in [-0.05, 0) is 19.1 Å². The first kappa shape index (κ1) is 13.6. The van der Waals surface area contributed by atoms with Crippen LogP contribution in [0.4, 0.5) is 0 Å². The molecule has 1 amide bonds. The summed E-state index contributed by atoms with van der Waals surface area (Å²) < 4.78 is 5.17. The number of carbonyl (C=O) groups is 1. The third-order valence-corrected chi connectivity index (χ3v) is 2.50. The summed E-state index contributed by atoms with van der Waals surface area (Å²) in [6.45, 7) is 2.13.